The van der Waals surface area contributed by atoms with Gasteiger partial charge in [0.05, 0.1) is 0 Å². The van der Waals surface area contributed by atoms with Gasteiger partial charge in [-0.25, -0.2) is 0 Å². The smallest absolute Gasteiger partial charge is 0.320 e. The van der Waals surface area contributed by atoms with E-state index in [9.17, 15) is 4.79 Å². The Morgan fingerprint density at radius 3 is 1.62 bits per heavy atom. The summed E-state index contributed by atoms with van der Waals surface area (Å²) in [5.74, 6) is -1.12. The number of aliphatic carboxylic acids is 1. The van der Waals surface area contributed by atoms with Crippen molar-refractivity contribution in [3.63, 3.8) is 0 Å². The van der Waals surface area contributed by atoms with Gasteiger partial charge in [-0.1, -0.05) is 12.1 Å². The largest absolute Gasteiger partial charge is 0.504 e. The van der Waals surface area contributed by atoms with Crippen molar-refractivity contribution in [3.05, 3.63) is 37.4 Å². The summed E-state index contributed by atoms with van der Waals surface area (Å²) in [7, 11) is 0. The monoisotopic (exact) mass is 227 g/mol. The fourth-order valence-electron chi connectivity index (χ4n) is 0.464. The number of rotatable bonds is 1. The molecule has 1 aromatic rings. The molecule has 5 heteroatoms. The Morgan fingerprint density at radius 1 is 1.25 bits per heavy atom. The third-order valence-corrected chi connectivity index (χ3v) is 1.27. The predicted octanol–water partition coefficient (Wildman–Crippen LogP) is 1.32. The number of nitrogens with two attached hydrogens (primary N) is 1. The first-order valence-electron chi connectivity index (χ1n) is 4.40. The third kappa shape index (κ3) is 8.58. The second-order valence-electron chi connectivity index (χ2n) is 2.62. The fourth-order valence-corrected chi connectivity index (χ4v) is 0.464. The van der Waals surface area contributed by atoms with E-state index in [1.807, 2.05) is 0 Å². The summed E-state index contributed by atoms with van der Waals surface area (Å²) in [5.41, 5.74) is 4.84. The van der Waals surface area contributed by atoms with Crippen LogP contribution in [0.25, 0.3) is 0 Å². The van der Waals surface area contributed by atoms with Crippen molar-refractivity contribution in [1.29, 1.82) is 0 Å². The number of phenols is 2. The van der Waals surface area contributed by atoms with E-state index in [1.165, 1.54) is 19.1 Å². The minimum atomic E-state index is -0.963. The van der Waals surface area contributed by atoms with Crippen LogP contribution in [0.3, 0.4) is 0 Å². The molecule has 0 aliphatic rings. The van der Waals surface area contributed by atoms with Gasteiger partial charge >= 0.3 is 5.97 Å². The van der Waals surface area contributed by atoms with Crippen molar-refractivity contribution in [2.24, 2.45) is 5.73 Å². The molecule has 0 amide bonds. The molecular formula is C11H17NO4. The highest BCUT2D eigenvalue weighted by atomic mass is 16.4. The van der Waals surface area contributed by atoms with Crippen LogP contribution in [0.2, 0.25) is 0 Å². The van der Waals surface area contributed by atoms with E-state index in [4.69, 9.17) is 21.1 Å². The molecule has 0 radical (unpaired) electrons. The Kier molecular flexibility index (Phi) is 9.79. The highest BCUT2D eigenvalue weighted by molar-refractivity contribution is 5.72. The van der Waals surface area contributed by atoms with Gasteiger partial charge in [0, 0.05) is 0 Å². The molecule has 1 aromatic carbocycles. The topological polar surface area (TPSA) is 104 Å². The highest BCUT2D eigenvalue weighted by Gasteiger charge is 1.99. The molecule has 5 nitrogen and oxygen atoms in total. The molecule has 5 N–H and O–H groups in total. The van der Waals surface area contributed by atoms with Gasteiger partial charge < -0.3 is 21.1 Å². The molecule has 0 bridgehead atoms. The molecule has 0 aromatic heterocycles. The second-order valence-corrected chi connectivity index (χ2v) is 2.62. The predicted molar refractivity (Wildman–Crippen MR) is 62.3 cm³/mol. The van der Waals surface area contributed by atoms with Gasteiger partial charge in [0.2, 0.25) is 0 Å². The second kappa shape index (κ2) is 9.54. The van der Waals surface area contributed by atoms with Crippen molar-refractivity contribution in [1.82, 2.24) is 0 Å². The standard InChI is InChI=1S/C6H6O2.C3H7NO2.C2H4/c7-5-3-1-2-4-6(5)8;1-2(4)3(5)6;1-2/h1-4,7-8H;2H,4H2,1H3,(H,5,6);1-2H2. The first-order valence-corrected chi connectivity index (χ1v) is 4.40. The normalized spacial score (nSPS) is 9.88. The Hall–Kier alpha value is -2.01. The summed E-state index contributed by atoms with van der Waals surface area (Å²) in [4.78, 5) is 9.57. The van der Waals surface area contributed by atoms with Crippen LogP contribution in [0.15, 0.2) is 37.4 Å². The number of hydrogen-bond acceptors (Lipinski definition) is 4. The number of hydrogen-bond donors (Lipinski definition) is 4. The summed E-state index contributed by atoms with van der Waals surface area (Å²) in [6, 6.07) is 5.42. The molecule has 1 rings (SSSR count). The zero-order valence-electron chi connectivity index (χ0n) is 9.13. The van der Waals surface area contributed by atoms with Crippen molar-refractivity contribution < 1.29 is 20.1 Å². The van der Waals surface area contributed by atoms with Crippen LogP contribution >= 0.6 is 0 Å². The van der Waals surface area contributed by atoms with E-state index >= 15 is 0 Å². The van der Waals surface area contributed by atoms with Gasteiger partial charge in [-0.3, -0.25) is 4.79 Å². The molecule has 0 aliphatic heterocycles. The minimum Gasteiger partial charge on any atom is -0.504 e. The number of phenolic OH excluding ortho intramolecular Hbond substituents is 2. The number of carboxylic acid groups (broad SMARTS) is 1. The quantitative estimate of drug-likeness (QED) is 0.428. The van der Waals surface area contributed by atoms with Crippen LogP contribution in [0.1, 0.15) is 6.92 Å². The van der Waals surface area contributed by atoms with Crippen LogP contribution in [-0.4, -0.2) is 27.3 Å². The van der Waals surface area contributed by atoms with E-state index in [2.05, 4.69) is 13.2 Å². The Bertz CT molecular complexity index is 292. The number of benzene rings is 1. The molecule has 0 saturated carbocycles. The van der Waals surface area contributed by atoms with E-state index < -0.39 is 12.0 Å². The molecule has 1 atom stereocenters. The average Bonchev–Trinajstić information content (AvgIpc) is 2.26. The van der Waals surface area contributed by atoms with Crippen LogP contribution in [0.5, 0.6) is 11.5 Å². The number of aromatic hydroxyl groups is 2. The maximum absolute atomic E-state index is 9.57. The SMILES string of the molecule is C=C.CC(N)C(=O)O.Oc1ccccc1O. The van der Waals surface area contributed by atoms with Gasteiger partial charge in [0.15, 0.2) is 11.5 Å². The van der Waals surface area contributed by atoms with Gasteiger partial charge in [0.25, 0.3) is 0 Å². The van der Waals surface area contributed by atoms with Crippen LogP contribution < -0.4 is 5.73 Å². The molecule has 0 saturated heterocycles. The number of carboxylic acids is 1. The average molecular weight is 227 g/mol. The third-order valence-electron chi connectivity index (χ3n) is 1.27. The van der Waals surface area contributed by atoms with E-state index in [-0.39, 0.29) is 11.5 Å². The lowest BCUT2D eigenvalue weighted by atomic mass is 10.3. The Labute approximate surface area is 94.5 Å². The van der Waals surface area contributed by atoms with Gasteiger partial charge in [-0.2, -0.15) is 0 Å². The van der Waals surface area contributed by atoms with Crippen LogP contribution in [0, 0.1) is 0 Å². The van der Waals surface area contributed by atoms with E-state index in [1.54, 1.807) is 12.1 Å². The summed E-state index contributed by atoms with van der Waals surface area (Å²) in [5, 5.41) is 25.2. The lowest BCUT2D eigenvalue weighted by Gasteiger charge is -1.91. The molecule has 1 unspecified atom stereocenters. The van der Waals surface area contributed by atoms with Crippen molar-refractivity contribution in [3.8, 4) is 11.5 Å². The van der Waals surface area contributed by atoms with E-state index in [0.717, 1.165) is 0 Å². The molecule has 0 heterocycles. The van der Waals surface area contributed by atoms with Crippen LogP contribution in [-0.2, 0) is 4.79 Å². The zero-order valence-corrected chi connectivity index (χ0v) is 9.13. The Morgan fingerprint density at radius 2 is 1.50 bits per heavy atom. The van der Waals surface area contributed by atoms with Crippen molar-refractivity contribution in [2.45, 2.75) is 13.0 Å². The van der Waals surface area contributed by atoms with Gasteiger partial charge in [0.1, 0.15) is 6.04 Å². The number of carbonyl (C=O) groups is 1. The molecule has 0 aliphatic carbocycles. The zero-order chi connectivity index (χ0) is 13.1. The lowest BCUT2D eigenvalue weighted by Crippen LogP contribution is -2.25. The summed E-state index contributed by atoms with van der Waals surface area (Å²) in [6.07, 6.45) is 0. The van der Waals surface area contributed by atoms with E-state index in [0.29, 0.717) is 0 Å². The first-order chi connectivity index (χ1) is 7.45. The first kappa shape index (κ1) is 16.4. The molecule has 0 spiro atoms. The lowest BCUT2D eigenvalue weighted by molar-refractivity contribution is -0.138. The van der Waals surface area contributed by atoms with Gasteiger partial charge in [-0.05, 0) is 19.1 Å². The van der Waals surface area contributed by atoms with Crippen LogP contribution in [0.4, 0.5) is 0 Å². The molecule has 90 valence electrons. The summed E-state index contributed by atoms with van der Waals surface area (Å²) in [6.45, 7) is 7.42. The molecule has 16 heavy (non-hydrogen) atoms. The fraction of sp³-hybridized carbons (Fsp3) is 0.182. The molecule has 0 fully saturated rings. The number of para-hydroxylation sites is 2. The summed E-state index contributed by atoms with van der Waals surface area (Å²) < 4.78 is 0. The Balaban J connectivity index is 0. The minimum absolute atomic E-state index is 0.0764. The maximum atomic E-state index is 9.57. The van der Waals surface area contributed by atoms with Crippen molar-refractivity contribution >= 4 is 5.97 Å². The summed E-state index contributed by atoms with van der Waals surface area (Å²) >= 11 is 0. The van der Waals surface area contributed by atoms with Gasteiger partial charge in [-0.15, -0.1) is 13.2 Å². The maximum Gasteiger partial charge on any atom is 0.320 e. The highest BCUT2D eigenvalue weighted by Crippen LogP contribution is 2.21. The molecular weight excluding hydrogens is 210 g/mol. The van der Waals surface area contributed by atoms with Crippen molar-refractivity contribution in [2.75, 3.05) is 0 Å².